The molecule has 0 spiro atoms. The van der Waals surface area contributed by atoms with E-state index in [4.69, 9.17) is 5.73 Å². The highest BCUT2D eigenvalue weighted by atomic mass is 16.4. The maximum atomic E-state index is 11.2. The fraction of sp³-hybridized carbons (Fsp3) is 0.533. The zero-order valence-electron chi connectivity index (χ0n) is 11.9. The summed E-state index contributed by atoms with van der Waals surface area (Å²) < 4.78 is 0. The Morgan fingerprint density at radius 1 is 1.45 bits per heavy atom. The van der Waals surface area contributed by atoms with Crippen molar-refractivity contribution in [1.82, 2.24) is 4.90 Å². The van der Waals surface area contributed by atoms with E-state index in [1.54, 1.807) is 18.2 Å². The number of para-hydroxylation sites is 1. The number of likely N-dealkylation sites (tertiary alicyclic amines) is 1. The predicted molar refractivity (Wildman–Crippen MR) is 81.1 cm³/mol. The zero-order valence-corrected chi connectivity index (χ0v) is 11.9. The second-order valence-electron chi connectivity index (χ2n) is 5.33. The van der Waals surface area contributed by atoms with Crippen LogP contribution >= 0.6 is 0 Å². The number of carboxylic acid groups (broad SMARTS) is 1. The Morgan fingerprint density at radius 2 is 2.15 bits per heavy atom. The maximum absolute atomic E-state index is 11.2. The van der Waals surface area contributed by atoms with E-state index in [1.165, 1.54) is 0 Å². The number of anilines is 2. The molecule has 2 rings (SSSR count). The van der Waals surface area contributed by atoms with Crippen molar-refractivity contribution in [2.45, 2.75) is 19.8 Å². The van der Waals surface area contributed by atoms with Crippen molar-refractivity contribution >= 4 is 17.3 Å². The minimum Gasteiger partial charge on any atom is -0.478 e. The Hall–Kier alpha value is -1.75. The lowest BCUT2D eigenvalue weighted by molar-refractivity contribution is 0.0698. The number of rotatable bonds is 5. The molecular weight excluding hydrogens is 254 g/mol. The van der Waals surface area contributed by atoms with Crippen LogP contribution in [0.4, 0.5) is 11.4 Å². The standard InChI is InChI=1S/C15H23N3O2/c1-2-18-8-6-11(7-9-18)10-17-14-12(15(19)20)4-3-5-13(14)16/h3-5,11,17H,2,6-10,16H2,1H3,(H,19,20). The predicted octanol–water partition coefficient (Wildman–Crippen LogP) is 2.11. The highest BCUT2D eigenvalue weighted by Gasteiger charge is 2.19. The molecule has 1 saturated heterocycles. The van der Waals surface area contributed by atoms with Gasteiger partial charge in [0.1, 0.15) is 0 Å². The number of nitrogens with one attached hydrogen (secondary N) is 1. The molecule has 1 aromatic rings. The van der Waals surface area contributed by atoms with Crippen LogP contribution in [0.15, 0.2) is 18.2 Å². The Balaban J connectivity index is 1.96. The Kier molecular flexibility index (Phi) is 4.84. The molecule has 1 aromatic carbocycles. The topological polar surface area (TPSA) is 78.6 Å². The summed E-state index contributed by atoms with van der Waals surface area (Å²) in [5.74, 6) is -0.361. The number of carboxylic acids is 1. The van der Waals surface area contributed by atoms with Gasteiger partial charge in [0.05, 0.1) is 16.9 Å². The highest BCUT2D eigenvalue weighted by Crippen LogP contribution is 2.25. The monoisotopic (exact) mass is 277 g/mol. The van der Waals surface area contributed by atoms with Crippen molar-refractivity contribution in [2.75, 3.05) is 37.2 Å². The summed E-state index contributed by atoms with van der Waals surface area (Å²) in [6, 6.07) is 4.98. The Labute approximate surface area is 119 Å². The van der Waals surface area contributed by atoms with E-state index in [-0.39, 0.29) is 5.56 Å². The summed E-state index contributed by atoms with van der Waals surface area (Å²) in [6.45, 7) is 6.32. The Morgan fingerprint density at radius 3 is 2.75 bits per heavy atom. The first kappa shape index (κ1) is 14.7. The van der Waals surface area contributed by atoms with Gasteiger partial charge in [0.15, 0.2) is 0 Å². The van der Waals surface area contributed by atoms with Crippen molar-refractivity contribution in [3.05, 3.63) is 23.8 Å². The minimum atomic E-state index is -0.944. The lowest BCUT2D eigenvalue weighted by atomic mass is 9.96. The van der Waals surface area contributed by atoms with E-state index in [1.807, 2.05) is 0 Å². The average molecular weight is 277 g/mol. The quantitative estimate of drug-likeness (QED) is 0.718. The summed E-state index contributed by atoms with van der Waals surface area (Å²) in [4.78, 5) is 13.6. The van der Waals surface area contributed by atoms with Crippen LogP contribution in [-0.2, 0) is 0 Å². The average Bonchev–Trinajstić information content (AvgIpc) is 2.46. The fourth-order valence-corrected chi connectivity index (χ4v) is 2.70. The van der Waals surface area contributed by atoms with E-state index in [0.29, 0.717) is 17.3 Å². The number of aromatic carboxylic acids is 1. The second-order valence-corrected chi connectivity index (χ2v) is 5.33. The van der Waals surface area contributed by atoms with Gasteiger partial charge in [-0.3, -0.25) is 0 Å². The number of carbonyl (C=O) groups is 1. The van der Waals surface area contributed by atoms with Gasteiger partial charge < -0.3 is 21.1 Å². The molecule has 0 bridgehead atoms. The van der Waals surface area contributed by atoms with Crippen LogP contribution in [0.25, 0.3) is 0 Å². The lowest BCUT2D eigenvalue weighted by Gasteiger charge is -2.31. The molecule has 5 heteroatoms. The van der Waals surface area contributed by atoms with Crippen LogP contribution in [0.3, 0.4) is 0 Å². The molecule has 1 heterocycles. The molecule has 1 aliphatic rings. The van der Waals surface area contributed by atoms with Gasteiger partial charge in [-0.05, 0) is 50.5 Å². The molecule has 4 N–H and O–H groups in total. The fourth-order valence-electron chi connectivity index (χ4n) is 2.70. The summed E-state index contributed by atoms with van der Waals surface area (Å²) >= 11 is 0. The van der Waals surface area contributed by atoms with Crippen LogP contribution in [0, 0.1) is 5.92 Å². The van der Waals surface area contributed by atoms with Crippen LogP contribution in [0.5, 0.6) is 0 Å². The van der Waals surface area contributed by atoms with E-state index in [9.17, 15) is 9.90 Å². The number of nitrogens with zero attached hydrogens (tertiary/aromatic N) is 1. The number of nitrogen functional groups attached to an aromatic ring is 1. The van der Waals surface area contributed by atoms with Crippen molar-refractivity contribution in [3.63, 3.8) is 0 Å². The van der Waals surface area contributed by atoms with Crippen LogP contribution in [0.1, 0.15) is 30.1 Å². The van der Waals surface area contributed by atoms with Gasteiger partial charge in [-0.15, -0.1) is 0 Å². The molecule has 0 amide bonds. The molecule has 0 aromatic heterocycles. The molecule has 0 saturated carbocycles. The first-order valence-corrected chi connectivity index (χ1v) is 7.19. The van der Waals surface area contributed by atoms with Crippen molar-refractivity contribution < 1.29 is 9.90 Å². The SMILES string of the molecule is CCN1CCC(CNc2c(N)cccc2C(=O)O)CC1. The first-order chi connectivity index (χ1) is 9.61. The molecule has 0 atom stereocenters. The summed E-state index contributed by atoms with van der Waals surface area (Å²) in [7, 11) is 0. The van der Waals surface area contributed by atoms with E-state index in [2.05, 4.69) is 17.1 Å². The highest BCUT2D eigenvalue weighted by molar-refractivity contribution is 5.97. The van der Waals surface area contributed by atoms with Gasteiger partial charge >= 0.3 is 5.97 Å². The van der Waals surface area contributed by atoms with Crippen molar-refractivity contribution in [3.8, 4) is 0 Å². The molecule has 1 aliphatic heterocycles. The number of nitrogens with two attached hydrogens (primary N) is 1. The molecule has 20 heavy (non-hydrogen) atoms. The molecule has 0 unspecified atom stereocenters. The van der Waals surface area contributed by atoms with Crippen LogP contribution < -0.4 is 11.1 Å². The molecule has 110 valence electrons. The molecule has 0 aliphatic carbocycles. The third-order valence-corrected chi connectivity index (χ3v) is 4.05. The van der Waals surface area contributed by atoms with Crippen molar-refractivity contribution in [2.24, 2.45) is 5.92 Å². The molecule has 5 nitrogen and oxygen atoms in total. The second kappa shape index (κ2) is 6.61. The number of piperidine rings is 1. The van der Waals surface area contributed by atoms with Crippen LogP contribution in [0.2, 0.25) is 0 Å². The molecular formula is C15H23N3O2. The van der Waals surface area contributed by atoms with Gasteiger partial charge in [-0.25, -0.2) is 4.79 Å². The Bertz CT molecular complexity index is 468. The molecule has 1 fully saturated rings. The third kappa shape index (κ3) is 3.42. The maximum Gasteiger partial charge on any atom is 0.337 e. The number of benzene rings is 1. The van der Waals surface area contributed by atoms with Gasteiger partial charge in [0.2, 0.25) is 0 Å². The first-order valence-electron chi connectivity index (χ1n) is 7.19. The van der Waals surface area contributed by atoms with E-state index < -0.39 is 5.97 Å². The summed E-state index contributed by atoms with van der Waals surface area (Å²) in [5.41, 5.74) is 7.18. The van der Waals surface area contributed by atoms with E-state index in [0.717, 1.165) is 39.0 Å². The van der Waals surface area contributed by atoms with Crippen LogP contribution in [-0.4, -0.2) is 42.2 Å². The van der Waals surface area contributed by atoms with E-state index >= 15 is 0 Å². The lowest BCUT2D eigenvalue weighted by Crippen LogP contribution is -2.35. The van der Waals surface area contributed by atoms with Gasteiger partial charge in [0.25, 0.3) is 0 Å². The largest absolute Gasteiger partial charge is 0.478 e. The van der Waals surface area contributed by atoms with Crippen molar-refractivity contribution in [1.29, 1.82) is 0 Å². The number of hydrogen-bond acceptors (Lipinski definition) is 4. The summed E-state index contributed by atoms with van der Waals surface area (Å²) in [6.07, 6.45) is 2.30. The smallest absolute Gasteiger partial charge is 0.337 e. The number of hydrogen-bond donors (Lipinski definition) is 3. The van der Waals surface area contributed by atoms with Gasteiger partial charge in [-0.2, -0.15) is 0 Å². The van der Waals surface area contributed by atoms with Gasteiger partial charge in [0, 0.05) is 6.54 Å². The zero-order chi connectivity index (χ0) is 14.5. The summed E-state index contributed by atoms with van der Waals surface area (Å²) in [5, 5.41) is 12.4. The third-order valence-electron chi connectivity index (χ3n) is 4.05. The molecule has 0 radical (unpaired) electrons. The minimum absolute atomic E-state index is 0.246. The normalized spacial score (nSPS) is 17.1. The van der Waals surface area contributed by atoms with Gasteiger partial charge in [-0.1, -0.05) is 13.0 Å².